The van der Waals surface area contributed by atoms with Crippen LogP contribution in [0.25, 0.3) is 0 Å². The van der Waals surface area contributed by atoms with Gasteiger partial charge in [0.15, 0.2) is 0 Å². The van der Waals surface area contributed by atoms with E-state index in [1.54, 1.807) is 12.1 Å². The maximum absolute atomic E-state index is 12.3. The van der Waals surface area contributed by atoms with Gasteiger partial charge in [0.05, 0.1) is 0 Å². The van der Waals surface area contributed by atoms with E-state index in [0.29, 0.717) is 11.5 Å². The highest BCUT2D eigenvalue weighted by Gasteiger charge is 2.24. The van der Waals surface area contributed by atoms with E-state index in [1.165, 1.54) is 32.1 Å². The Bertz CT molecular complexity index is 452. The summed E-state index contributed by atoms with van der Waals surface area (Å²) in [6.07, 6.45) is 7.22. The highest BCUT2D eigenvalue weighted by molar-refractivity contribution is 6.29. The average molecular weight is 296 g/mol. The Morgan fingerprint density at radius 1 is 1.45 bits per heavy atom. The number of nitrogen functional groups attached to an aromatic ring is 1. The van der Waals surface area contributed by atoms with Crippen molar-refractivity contribution in [1.82, 2.24) is 10.3 Å². The largest absolute Gasteiger partial charge is 0.384 e. The lowest BCUT2D eigenvalue weighted by molar-refractivity contribution is 0.0911. The molecule has 110 valence electrons. The fraction of sp³-hybridized carbons (Fsp3) is 0.600. The van der Waals surface area contributed by atoms with Crippen LogP contribution in [-0.2, 0) is 0 Å². The van der Waals surface area contributed by atoms with Gasteiger partial charge in [-0.1, -0.05) is 37.8 Å². The molecule has 1 aliphatic carbocycles. The summed E-state index contributed by atoms with van der Waals surface area (Å²) in [5.74, 6) is 0.749. The van der Waals surface area contributed by atoms with Crippen molar-refractivity contribution >= 4 is 23.3 Å². The fourth-order valence-corrected chi connectivity index (χ4v) is 3.20. The quantitative estimate of drug-likeness (QED) is 0.837. The number of halogens is 1. The maximum atomic E-state index is 12.3. The van der Waals surface area contributed by atoms with Crippen LogP contribution in [0.2, 0.25) is 5.15 Å². The molecule has 0 bridgehead atoms. The number of aromatic nitrogens is 1. The maximum Gasteiger partial charge on any atom is 0.251 e. The van der Waals surface area contributed by atoms with Crippen molar-refractivity contribution in [3.63, 3.8) is 0 Å². The Morgan fingerprint density at radius 3 is 2.75 bits per heavy atom. The minimum Gasteiger partial charge on any atom is -0.384 e. The molecule has 4 nitrogen and oxygen atoms in total. The van der Waals surface area contributed by atoms with E-state index in [2.05, 4.69) is 17.2 Å². The van der Waals surface area contributed by atoms with Crippen molar-refractivity contribution < 1.29 is 4.79 Å². The lowest BCUT2D eigenvalue weighted by Gasteiger charge is -2.30. The van der Waals surface area contributed by atoms with Crippen LogP contribution in [0.1, 0.15) is 55.8 Å². The first-order chi connectivity index (χ1) is 9.60. The second-order valence-corrected chi connectivity index (χ2v) is 5.88. The molecule has 1 aromatic rings. The molecule has 1 atom stereocenters. The van der Waals surface area contributed by atoms with Gasteiger partial charge in [-0.25, -0.2) is 4.98 Å². The van der Waals surface area contributed by atoms with Crippen LogP contribution < -0.4 is 11.1 Å². The zero-order valence-corrected chi connectivity index (χ0v) is 12.6. The third kappa shape index (κ3) is 3.85. The number of carbonyl (C=O) groups excluding carboxylic acids is 1. The molecule has 1 saturated carbocycles. The van der Waals surface area contributed by atoms with Crippen molar-refractivity contribution in [3.05, 3.63) is 22.8 Å². The van der Waals surface area contributed by atoms with Gasteiger partial charge < -0.3 is 11.1 Å². The van der Waals surface area contributed by atoms with Crippen LogP contribution >= 0.6 is 11.6 Å². The number of nitrogens with one attached hydrogen (secondary N) is 1. The lowest BCUT2D eigenvalue weighted by Crippen LogP contribution is -2.40. The van der Waals surface area contributed by atoms with Crippen molar-refractivity contribution in [3.8, 4) is 0 Å². The summed E-state index contributed by atoms with van der Waals surface area (Å²) in [7, 11) is 0. The smallest absolute Gasteiger partial charge is 0.251 e. The Hall–Kier alpha value is -1.29. The summed E-state index contributed by atoms with van der Waals surface area (Å²) in [5, 5.41) is 3.38. The monoisotopic (exact) mass is 295 g/mol. The van der Waals surface area contributed by atoms with Gasteiger partial charge in [0.2, 0.25) is 0 Å². The average Bonchev–Trinajstić information content (AvgIpc) is 2.44. The second-order valence-electron chi connectivity index (χ2n) is 5.49. The van der Waals surface area contributed by atoms with Gasteiger partial charge in [-0.05, 0) is 37.3 Å². The highest BCUT2D eigenvalue weighted by atomic mass is 35.5. The number of carbonyl (C=O) groups is 1. The molecule has 1 heterocycles. The number of anilines is 1. The molecular weight excluding hydrogens is 274 g/mol. The fourth-order valence-electron chi connectivity index (χ4n) is 2.99. The van der Waals surface area contributed by atoms with E-state index in [0.717, 1.165) is 6.42 Å². The number of hydrogen-bond acceptors (Lipinski definition) is 3. The van der Waals surface area contributed by atoms with E-state index in [-0.39, 0.29) is 22.9 Å². The predicted molar refractivity (Wildman–Crippen MR) is 81.8 cm³/mol. The molecule has 0 aliphatic heterocycles. The summed E-state index contributed by atoms with van der Waals surface area (Å²) in [6, 6.07) is 3.35. The molecule has 0 aromatic carbocycles. The van der Waals surface area contributed by atoms with Gasteiger partial charge in [-0.3, -0.25) is 4.79 Å². The van der Waals surface area contributed by atoms with E-state index in [1.807, 2.05) is 0 Å². The topological polar surface area (TPSA) is 68.0 Å². The predicted octanol–water partition coefficient (Wildman–Crippen LogP) is 3.41. The third-order valence-corrected chi connectivity index (χ3v) is 4.24. The van der Waals surface area contributed by atoms with Crippen molar-refractivity contribution in [1.29, 1.82) is 0 Å². The molecule has 1 aliphatic rings. The summed E-state index contributed by atoms with van der Waals surface area (Å²) >= 11 is 5.84. The number of rotatable bonds is 4. The molecule has 3 N–H and O–H groups in total. The van der Waals surface area contributed by atoms with Crippen molar-refractivity contribution in [2.45, 2.75) is 51.5 Å². The summed E-state index contributed by atoms with van der Waals surface area (Å²) in [5.41, 5.74) is 6.11. The van der Waals surface area contributed by atoms with Crippen LogP contribution in [0, 0.1) is 5.92 Å². The van der Waals surface area contributed by atoms with Crippen molar-refractivity contribution in [2.24, 2.45) is 5.92 Å². The van der Waals surface area contributed by atoms with Crippen LogP contribution in [0.15, 0.2) is 12.1 Å². The van der Waals surface area contributed by atoms with Gasteiger partial charge in [-0.15, -0.1) is 0 Å². The van der Waals surface area contributed by atoms with Crippen LogP contribution in [-0.4, -0.2) is 16.9 Å². The molecule has 2 rings (SSSR count). The number of hydrogen-bond donors (Lipinski definition) is 2. The first kappa shape index (κ1) is 15.1. The molecule has 20 heavy (non-hydrogen) atoms. The van der Waals surface area contributed by atoms with Gasteiger partial charge in [-0.2, -0.15) is 0 Å². The van der Waals surface area contributed by atoms with Crippen LogP contribution in [0.4, 0.5) is 5.82 Å². The van der Waals surface area contributed by atoms with Gasteiger partial charge in [0.1, 0.15) is 11.0 Å². The van der Waals surface area contributed by atoms with Gasteiger partial charge in [0, 0.05) is 11.6 Å². The van der Waals surface area contributed by atoms with Gasteiger partial charge >= 0.3 is 0 Å². The number of nitrogens with two attached hydrogens (primary N) is 1. The molecule has 1 aromatic heterocycles. The first-order valence-electron chi connectivity index (χ1n) is 7.34. The highest BCUT2D eigenvalue weighted by Crippen LogP contribution is 2.28. The molecule has 0 radical (unpaired) electrons. The molecule has 0 saturated heterocycles. The standard InChI is InChI=1S/C15H22ClN3O/c1-2-12(10-6-4-3-5-7-10)18-15(20)11-8-13(16)19-14(17)9-11/h8-10,12H,2-7H2,1H3,(H2,17,19)(H,18,20). The Morgan fingerprint density at radius 2 is 2.15 bits per heavy atom. The number of amides is 1. The van der Waals surface area contributed by atoms with Crippen LogP contribution in [0.3, 0.4) is 0 Å². The minimum atomic E-state index is -0.113. The zero-order valence-electron chi connectivity index (χ0n) is 11.9. The summed E-state index contributed by atoms with van der Waals surface area (Å²) < 4.78 is 0. The number of pyridine rings is 1. The van der Waals surface area contributed by atoms with E-state index >= 15 is 0 Å². The normalized spacial score (nSPS) is 17.7. The first-order valence-corrected chi connectivity index (χ1v) is 7.72. The Kier molecular flexibility index (Phi) is 5.24. The van der Waals surface area contributed by atoms with E-state index in [4.69, 9.17) is 17.3 Å². The van der Waals surface area contributed by atoms with Crippen molar-refractivity contribution in [2.75, 3.05) is 5.73 Å². The molecule has 5 heteroatoms. The third-order valence-electron chi connectivity index (χ3n) is 4.05. The Labute approximate surface area is 125 Å². The molecule has 0 spiro atoms. The van der Waals surface area contributed by atoms with E-state index < -0.39 is 0 Å². The zero-order chi connectivity index (χ0) is 14.5. The molecule has 1 fully saturated rings. The molecular formula is C15H22ClN3O. The summed E-state index contributed by atoms with van der Waals surface area (Å²) in [6.45, 7) is 2.12. The summed E-state index contributed by atoms with van der Waals surface area (Å²) in [4.78, 5) is 16.2. The number of nitrogens with zero attached hydrogens (tertiary/aromatic N) is 1. The lowest BCUT2D eigenvalue weighted by atomic mass is 9.83. The molecule has 1 amide bonds. The van der Waals surface area contributed by atoms with Crippen LogP contribution in [0.5, 0.6) is 0 Å². The van der Waals surface area contributed by atoms with E-state index in [9.17, 15) is 4.79 Å². The minimum absolute atomic E-state index is 0.113. The SMILES string of the molecule is CCC(NC(=O)c1cc(N)nc(Cl)c1)C1CCCCC1. The second kappa shape index (κ2) is 6.93. The van der Waals surface area contributed by atoms with Gasteiger partial charge in [0.25, 0.3) is 5.91 Å². The Balaban J connectivity index is 2.04. The molecule has 1 unspecified atom stereocenters.